The third kappa shape index (κ3) is 3.89. The van der Waals surface area contributed by atoms with Crippen LogP contribution in [0.25, 0.3) is 0 Å². The second-order valence-corrected chi connectivity index (χ2v) is 6.08. The number of halogens is 1. The monoisotopic (exact) mass is 337 g/mol. The van der Waals surface area contributed by atoms with E-state index >= 15 is 0 Å². The summed E-state index contributed by atoms with van der Waals surface area (Å²) in [5, 5.41) is 8.76. The molecule has 1 aliphatic rings. The van der Waals surface area contributed by atoms with Crippen LogP contribution in [0.5, 0.6) is 0 Å². The number of hydrogen-bond acceptors (Lipinski definition) is 5. The second kappa shape index (κ2) is 7.10. The SMILES string of the molecule is C[C@H](C(=O)N1CCN(CCn2cncn2)CC1)n1cc(Cl)cn1. The van der Waals surface area contributed by atoms with Crippen LogP contribution < -0.4 is 0 Å². The smallest absolute Gasteiger partial charge is 0.247 e. The molecule has 9 heteroatoms. The molecule has 1 aliphatic heterocycles. The highest BCUT2D eigenvalue weighted by atomic mass is 35.5. The Morgan fingerprint density at radius 2 is 2.04 bits per heavy atom. The zero-order valence-corrected chi connectivity index (χ0v) is 13.8. The molecule has 3 heterocycles. The molecule has 0 aromatic carbocycles. The number of amides is 1. The van der Waals surface area contributed by atoms with Gasteiger partial charge in [-0.05, 0) is 6.92 Å². The van der Waals surface area contributed by atoms with Gasteiger partial charge in [-0.15, -0.1) is 0 Å². The van der Waals surface area contributed by atoms with Crippen LogP contribution in [0.15, 0.2) is 25.0 Å². The molecular formula is C14H20ClN7O. The highest BCUT2D eigenvalue weighted by Gasteiger charge is 2.26. The van der Waals surface area contributed by atoms with Gasteiger partial charge in [0.25, 0.3) is 0 Å². The van der Waals surface area contributed by atoms with E-state index in [1.807, 2.05) is 16.5 Å². The summed E-state index contributed by atoms with van der Waals surface area (Å²) in [7, 11) is 0. The predicted molar refractivity (Wildman–Crippen MR) is 85.0 cm³/mol. The number of rotatable bonds is 5. The minimum Gasteiger partial charge on any atom is -0.338 e. The van der Waals surface area contributed by atoms with Crippen molar-refractivity contribution in [3.63, 3.8) is 0 Å². The van der Waals surface area contributed by atoms with Crippen LogP contribution in [0.3, 0.4) is 0 Å². The second-order valence-electron chi connectivity index (χ2n) is 5.64. The van der Waals surface area contributed by atoms with Gasteiger partial charge in [0.05, 0.1) is 17.8 Å². The molecule has 1 saturated heterocycles. The van der Waals surface area contributed by atoms with E-state index in [9.17, 15) is 4.79 Å². The van der Waals surface area contributed by atoms with Gasteiger partial charge in [-0.25, -0.2) is 4.98 Å². The van der Waals surface area contributed by atoms with Crippen molar-refractivity contribution in [3.05, 3.63) is 30.1 Å². The van der Waals surface area contributed by atoms with E-state index in [0.29, 0.717) is 5.02 Å². The van der Waals surface area contributed by atoms with E-state index in [1.165, 1.54) is 0 Å². The minimum atomic E-state index is -0.329. The standard InChI is InChI=1S/C14H20ClN7O/c1-12(22-9-13(15)8-17-22)14(23)20-5-2-19(3-6-20)4-7-21-11-16-10-18-21/h8-12H,2-7H2,1H3/t12-/m1/s1. The van der Waals surface area contributed by atoms with Gasteiger partial charge in [-0.3, -0.25) is 19.1 Å². The maximum absolute atomic E-state index is 12.5. The van der Waals surface area contributed by atoms with Gasteiger partial charge in [0.2, 0.25) is 5.91 Å². The molecule has 8 nitrogen and oxygen atoms in total. The summed E-state index contributed by atoms with van der Waals surface area (Å²) < 4.78 is 3.43. The average molecular weight is 338 g/mol. The molecule has 0 radical (unpaired) electrons. The van der Waals surface area contributed by atoms with Crippen LogP contribution >= 0.6 is 11.6 Å². The van der Waals surface area contributed by atoms with Crippen molar-refractivity contribution in [2.75, 3.05) is 32.7 Å². The molecular weight excluding hydrogens is 318 g/mol. The summed E-state index contributed by atoms with van der Waals surface area (Å²) in [4.78, 5) is 20.7. The van der Waals surface area contributed by atoms with Crippen LogP contribution in [0, 0.1) is 0 Å². The first-order valence-corrected chi connectivity index (χ1v) is 8.04. The molecule has 0 unspecified atom stereocenters. The van der Waals surface area contributed by atoms with Gasteiger partial charge in [0, 0.05) is 38.9 Å². The number of hydrogen-bond donors (Lipinski definition) is 0. The molecule has 124 valence electrons. The fourth-order valence-electron chi connectivity index (χ4n) is 2.69. The molecule has 0 spiro atoms. The average Bonchev–Trinajstić information content (AvgIpc) is 3.23. The summed E-state index contributed by atoms with van der Waals surface area (Å²) in [6, 6.07) is -0.329. The van der Waals surface area contributed by atoms with Crippen molar-refractivity contribution in [3.8, 4) is 0 Å². The molecule has 1 amide bonds. The Morgan fingerprint density at radius 1 is 1.26 bits per heavy atom. The van der Waals surface area contributed by atoms with E-state index in [2.05, 4.69) is 20.1 Å². The highest BCUT2D eigenvalue weighted by Crippen LogP contribution is 2.14. The lowest BCUT2D eigenvalue weighted by atomic mass is 10.2. The molecule has 0 bridgehead atoms. The third-order valence-corrected chi connectivity index (χ3v) is 4.32. The Labute approximate surface area is 139 Å². The Morgan fingerprint density at radius 3 is 2.65 bits per heavy atom. The van der Waals surface area contributed by atoms with Crippen LogP contribution in [0.1, 0.15) is 13.0 Å². The summed E-state index contributed by atoms with van der Waals surface area (Å²) in [5.74, 6) is 0.0840. The molecule has 2 aromatic heterocycles. The Hall–Kier alpha value is -1.93. The van der Waals surface area contributed by atoms with Gasteiger partial charge >= 0.3 is 0 Å². The number of carbonyl (C=O) groups excluding carboxylic acids is 1. The van der Waals surface area contributed by atoms with Gasteiger partial charge < -0.3 is 4.90 Å². The first-order chi connectivity index (χ1) is 11.1. The quantitative estimate of drug-likeness (QED) is 0.796. The molecule has 2 aromatic rings. The summed E-state index contributed by atoms with van der Waals surface area (Å²) >= 11 is 5.86. The van der Waals surface area contributed by atoms with E-state index < -0.39 is 0 Å². The van der Waals surface area contributed by atoms with Gasteiger partial charge in [0.1, 0.15) is 18.7 Å². The molecule has 3 rings (SSSR count). The number of carbonyl (C=O) groups is 1. The van der Waals surface area contributed by atoms with Crippen molar-refractivity contribution in [2.24, 2.45) is 0 Å². The molecule has 0 aliphatic carbocycles. The van der Waals surface area contributed by atoms with Crippen LogP contribution in [0.4, 0.5) is 0 Å². The molecule has 1 atom stereocenters. The Balaban J connectivity index is 1.47. The van der Waals surface area contributed by atoms with Crippen LogP contribution in [-0.4, -0.2) is 73.0 Å². The number of piperazine rings is 1. The Bertz CT molecular complexity index is 633. The summed E-state index contributed by atoms with van der Waals surface area (Å²) in [5.41, 5.74) is 0. The normalized spacial score (nSPS) is 17.4. The maximum atomic E-state index is 12.5. The topological polar surface area (TPSA) is 72.1 Å². The first-order valence-electron chi connectivity index (χ1n) is 7.66. The lowest BCUT2D eigenvalue weighted by molar-refractivity contribution is -0.136. The lowest BCUT2D eigenvalue weighted by Crippen LogP contribution is -2.50. The van der Waals surface area contributed by atoms with E-state index in [0.717, 1.165) is 39.3 Å². The predicted octanol–water partition coefficient (Wildman–Crippen LogP) is 0.533. The minimum absolute atomic E-state index is 0.0840. The van der Waals surface area contributed by atoms with Gasteiger partial charge in [0.15, 0.2) is 0 Å². The highest BCUT2D eigenvalue weighted by molar-refractivity contribution is 6.30. The lowest BCUT2D eigenvalue weighted by Gasteiger charge is -2.35. The summed E-state index contributed by atoms with van der Waals surface area (Å²) in [6.45, 7) is 6.78. The number of aromatic nitrogens is 5. The van der Waals surface area contributed by atoms with E-state index in [-0.39, 0.29) is 11.9 Å². The number of nitrogens with zero attached hydrogens (tertiary/aromatic N) is 7. The van der Waals surface area contributed by atoms with Crippen LogP contribution in [0.2, 0.25) is 5.02 Å². The molecule has 0 saturated carbocycles. The van der Waals surface area contributed by atoms with E-state index in [1.54, 1.807) is 29.7 Å². The van der Waals surface area contributed by atoms with Crippen molar-refractivity contribution in [1.29, 1.82) is 0 Å². The fourth-order valence-corrected chi connectivity index (χ4v) is 2.83. The zero-order chi connectivity index (χ0) is 16.2. The van der Waals surface area contributed by atoms with Gasteiger partial charge in [-0.2, -0.15) is 10.2 Å². The van der Waals surface area contributed by atoms with Crippen molar-refractivity contribution < 1.29 is 4.79 Å². The van der Waals surface area contributed by atoms with Crippen molar-refractivity contribution in [2.45, 2.75) is 19.5 Å². The van der Waals surface area contributed by atoms with E-state index in [4.69, 9.17) is 11.6 Å². The Kier molecular flexibility index (Phi) is 4.92. The molecule has 1 fully saturated rings. The molecule has 0 N–H and O–H groups in total. The zero-order valence-electron chi connectivity index (χ0n) is 13.0. The molecule has 23 heavy (non-hydrogen) atoms. The van der Waals surface area contributed by atoms with Gasteiger partial charge in [-0.1, -0.05) is 11.6 Å². The third-order valence-electron chi connectivity index (χ3n) is 4.12. The first kappa shape index (κ1) is 15.9. The van der Waals surface area contributed by atoms with Crippen LogP contribution in [-0.2, 0) is 11.3 Å². The summed E-state index contributed by atoms with van der Waals surface area (Å²) in [6.07, 6.45) is 6.49. The maximum Gasteiger partial charge on any atom is 0.247 e. The fraction of sp³-hybridized carbons (Fsp3) is 0.571. The van der Waals surface area contributed by atoms with Crippen molar-refractivity contribution in [1.82, 2.24) is 34.3 Å². The largest absolute Gasteiger partial charge is 0.338 e. The van der Waals surface area contributed by atoms with Crippen molar-refractivity contribution >= 4 is 17.5 Å².